The standard InChI is InChI=1S/C19H26N2OS/c1-4-10-22-13-19(2,3)8-5-6-15-11-16-14(12-17(15)20)7-9-21-18(16)23/h4,7,9,11-12H,1,5-6,8,10,13,20H2,2-3H3,(H,21,23). The smallest absolute Gasteiger partial charge is 0.111 e. The number of hydrogen-bond acceptors (Lipinski definition) is 3. The van der Waals surface area contributed by atoms with E-state index in [2.05, 4.69) is 31.5 Å². The van der Waals surface area contributed by atoms with Gasteiger partial charge in [0.2, 0.25) is 0 Å². The summed E-state index contributed by atoms with van der Waals surface area (Å²) >= 11 is 5.37. The molecule has 1 aromatic carbocycles. The second-order valence-corrected chi connectivity index (χ2v) is 7.17. The maximum atomic E-state index is 6.20. The van der Waals surface area contributed by atoms with E-state index in [0.29, 0.717) is 6.61 Å². The first kappa shape index (κ1) is 17.7. The maximum absolute atomic E-state index is 6.20. The van der Waals surface area contributed by atoms with Gasteiger partial charge in [0, 0.05) is 17.3 Å². The molecular weight excluding hydrogens is 304 g/mol. The number of benzene rings is 1. The molecule has 23 heavy (non-hydrogen) atoms. The van der Waals surface area contributed by atoms with Crippen molar-refractivity contribution in [1.82, 2.24) is 4.98 Å². The van der Waals surface area contributed by atoms with Crippen LogP contribution in [0.5, 0.6) is 0 Å². The number of aromatic amines is 1. The molecule has 4 heteroatoms. The van der Waals surface area contributed by atoms with Crippen LogP contribution in [0.4, 0.5) is 5.69 Å². The number of ether oxygens (including phenoxy) is 1. The molecule has 2 rings (SSSR count). The molecule has 0 radical (unpaired) electrons. The first-order valence-electron chi connectivity index (χ1n) is 8.01. The summed E-state index contributed by atoms with van der Waals surface area (Å²) in [5.74, 6) is 0. The average molecular weight is 330 g/mol. The number of nitrogens with one attached hydrogen (secondary N) is 1. The Labute approximate surface area is 143 Å². The molecule has 0 atom stereocenters. The molecule has 0 spiro atoms. The Kier molecular flexibility index (Phi) is 5.97. The summed E-state index contributed by atoms with van der Waals surface area (Å²) < 4.78 is 6.35. The fourth-order valence-electron chi connectivity index (χ4n) is 2.76. The van der Waals surface area contributed by atoms with Gasteiger partial charge in [-0.2, -0.15) is 0 Å². The number of hydrogen-bond donors (Lipinski definition) is 2. The van der Waals surface area contributed by atoms with E-state index >= 15 is 0 Å². The maximum Gasteiger partial charge on any atom is 0.111 e. The SMILES string of the molecule is C=CCOCC(C)(C)CCCc1cc2c(=S)[nH]ccc2cc1N. The van der Waals surface area contributed by atoms with Gasteiger partial charge in [-0.15, -0.1) is 6.58 Å². The fraction of sp³-hybridized carbons (Fsp3) is 0.421. The highest BCUT2D eigenvalue weighted by atomic mass is 32.1. The molecule has 0 bridgehead atoms. The predicted molar refractivity (Wildman–Crippen MR) is 101 cm³/mol. The van der Waals surface area contributed by atoms with Gasteiger partial charge in [0.15, 0.2) is 0 Å². The molecule has 2 aromatic rings. The zero-order valence-corrected chi connectivity index (χ0v) is 14.8. The van der Waals surface area contributed by atoms with Gasteiger partial charge in [-0.3, -0.25) is 0 Å². The van der Waals surface area contributed by atoms with Crippen LogP contribution in [-0.2, 0) is 11.2 Å². The summed E-state index contributed by atoms with van der Waals surface area (Å²) in [6, 6.07) is 6.16. The van der Waals surface area contributed by atoms with Crippen LogP contribution >= 0.6 is 12.2 Å². The topological polar surface area (TPSA) is 51.0 Å². The molecule has 0 fully saturated rings. The van der Waals surface area contributed by atoms with E-state index in [4.69, 9.17) is 22.7 Å². The lowest BCUT2D eigenvalue weighted by Crippen LogP contribution is -2.19. The summed E-state index contributed by atoms with van der Waals surface area (Å²) in [4.78, 5) is 3.08. The van der Waals surface area contributed by atoms with Crippen molar-refractivity contribution in [3.05, 3.63) is 47.3 Å². The van der Waals surface area contributed by atoms with Gasteiger partial charge in [0.1, 0.15) is 4.64 Å². The van der Waals surface area contributed by atoms with Crippen molar-refractivity contribution < 1.29 is 4.74 Å². The van der Waals surface area contributed by atoms with Gasteiger partial charge in [0.25, 0.3) is 0 Å². The summed E-state index contributed by atoms with van der Waals surface area (Å²) in [5.41, 5.74) is 8.38. The van der Waals surface area contributed by atoms with Crippen LogP contribution in [0.15, 0.2) is 37.1 Å². The van der Waals surface area contributed by atoms with E-state index in [1.165, 1.54) is 5.56 Å². The van der Waals surface area contributed by atoms with Gasteiger partial charge < -0.3 is 15.5 Å². The summed E-state index contributed by atoms with van der Waals surface area (Å²) in [7, 11) is 0. The number of nitrogens with two attached hydrogens (primary N) is 1. The van der Waals surface area contributed by atoms with Crippen molar-refractivity contribution in [2.24, 2.45) is 5.41 Å². The van der Waals surface area contributed by atoms with Crippen molar-refractivity contribution in [3.8, 4) is 0 Å². The number of aryl methyl sites for hydroxylation is 1. The number of anilines is 1. The Morgan fingerprint density at radius 2 is 2.17 bits per heavy atom. The Morgan fingerprint density at radius 1 is 1.39 bits per heavy atom. The Hall–Kier alpha value is -1.65. The van der Waals surface area contributed by atoms with Gasteiger partial charge in [-0.25, -0.2) is 0 Å². The third-order valence-electron chi connectivity index (χ3n) is 4.06. The molecule has 1 heterocycles. The normalized spacial score (nSPS) is 11.7. The first-order valence-corrected chi connectivity index (χ1v) is 8.42. The van der Waals surface area contributed by atoms with Crippen LogP contribution in [-0.4, -0.2) is 18.2 Å². The molecule has 0 aliphatic rings. The summed E-state index contributed by atoms with van der Waals surface area (Å²) in [5, 5.41) is 2.16. The minimum Gasteiger partial charge on any atom is -0.398 e. The largest absolute Gasteiger partial charge is 0.398 e. The fourth-order valence-corrected chi connectivity index (χ4v) is 3.01. The van der Waals surface area contributed by atoms with E-state index in [-0.39, 0.29) is 5.41 Å². The minimum absolute atomic E-state index is 0.158. The molecule has 0 aliphatic carbocycles. The van der Waals surface area contributed by atoms with Gasteiger partial charge >= 0.3 is 0 Å². The third kappa shape index (κ3) is 4.91. The Bertz CT molecular complexity index is 734. The van der Waals surface area contributed by atoms with Crippen molar-refractivity contribution in [1.29, 1.82) is 0 Å². The quantitative estimate of drug-likeness (QED) is 0.309. The summed E-state index contributed by atoms with van der Waals surface area (Å²) in [6.07, 6.45) is 6.76. The number of fused-ring (bicyclic) bond motifs is 1. The number of aromatic nitrogens is 1. The zero-order valence-electron chi connectivity index (χ0n) is 14.0. The molecule has 0 unspecified atom stereocenters. The van der Waals surface area contributed by atoms with E-state index in [0.717, 1.165) is 47.0 Å². The van der Waals surface area contributed by atoms with Crippen molar-refractivity contribution >= 4 is 28.7 Å². The van der Waals surface area contributed by atoms with Crippen molar-refractivity contribution in [3.63, 3.8) is 0 Å². The number of pyridine rings is 1. The minimum atomic E-state index is 0.158. The molecule has 124 valence electrons. The molecule has 0 amide bonds. The monoisotopic (exact) mass is 330 g/mol. The van der Waals surface area contributed by atoms with Crippen molar-refractivity contribution in [2.75, 3.05) is 18.9 Å². The predicted octanol–water partition coefficient (Wildman–Crippen LogP) is 5.03. The lowest BCUT2D eigenvalue weighted by atomic mass is 9.87. The molecule has 0 saturated heterocycles. The second kappa shape index (κ2) is 7.75. The van der Waals surface area contributed by atoms with E-state index in [1.807, 2.05) is 18.3 Å². The van der Waals surface area contributed by atoms with Gasteiger partial charge in [-0.1, -0.05) is 32.1 Å². The molecular formula is C19H26N2OS. The molecule has 3 N–H and O–H groups in total. The highest BCUT2D eigenvalue weighted by Gasteiger charge is 2.17. The Morgan fingerprint density at radius 3 is 2.91 bits per heavy atom. The van der Waals surface area contributed by atoms with E-state index in [1.54, 1.807) is 6.08 Å². The highest BCUT2D eigenvalue weighted by Crippen LogP contribution is 2.27. The van der Waals surface area contributed by atoms with Crippen LogP contribution in [0.1, 0.15) is 32.3 Å². The molecule has 0 aliphatic heterocycles. The van der Waals surface area contributed by atoms with Crippen molar-refractivity contribution in [2.45, 2.75) is 33.1 Å². The van der Waals surface area contributed by atoms with Crippen LogP contribution in [0.2, 0.25) is 0 Å². The van der Waals surface area contributed by atoms with E-state index in [9.17, 15) is 0 Å². The first-order chi connectivity index (χ1) is 10.9. The van der Waals surface area contributed by atoms with Crippen LogP contribution in [0, 0.1) is 10.1 Å². The van der Waals surface area contributed by atoms with E-state index < -0.39 is 0 Å². The molecule has 1 aromatic heterocycles. The second-order valence-electron chi connectivity index (χ2n) is 6.77. The Balaban J connectivity index is 2.02. The number of rotatable bonds is 8. The third-order valence-corrected chi connectivity index (χ3v) is 4.40. The molecule has 3 nitrogen and oxygen atoms in total. The van der Waals surface area contributed by atoms with Crippen LogP contribution < -0.4 is 5.73 Å². The van der Waals surface area contributed by atoms with Gasteiger partial charge in [-0.05, 0) is 53.8 Å². The van der Waals surface area contributed by atoms with Crippen LogP contribution in [0.25, 0.3) is 10.8 Å². The molecule has 0 saturated carbocycles. The summed E-state index contributed by atoms with van der Waals surface area (Å²) in [6.45, 7) is 9.50. The highest BCUT2D eigenvalue weighted by molar-refractivity contribution is 7.71. The zero-order chi connectivity index (χ0) is 16.9. The lowest BCUT2D eigenvalue weighted by molar-refractivity contribution is 0.0744. The van der Waals surface area contributed by atoms with Gasteiger partial charge in [0.05, 0.1) is 13.2 Å². The number of H-pyrrole nitrogens is 1. The average Bonchev–Trinajstić information content (AvgIpc) is 2.48. The number of nitrogen functional groups attached to an aromatic ring is 1. The van der Waals surface area contributed by atoms with Crippen LogP contribution in [0.3, 0.4) is 0 Å². The lowest BCUT2D eigenvalue weighted by Gasteiger charge is -2.24.